The van der Waals surface area contributed by atoms with Crippen LogP contribution in [0.25, 0.3) is 0 Å². The highest BCUT2D eigenvalue weighted by atomic mass is 32.1. The summed E-state index contributed by atoms with van der Waals surface area (Å²) >= 11 is 4.78. The molecular formula is C14H14N4S. The summed E-state index contributed by atoms with van der Waals surface area (Å²) in [6.45, 7) is 0. The van der Waals surface area contributed by atoms with Crippen molar-refractivity contribution in [3.63, 3.8) is 0 Å². The molecule has 0 radical (unpaired) electrons. The Hall–Kier alpha value is -2.40. The average Bonchev–Trinajstić information content (AvgIpc) is 2.45. The minimum absolute atomic E-state index is 0.164. The molecule has 0 heterocycles. The van der Waals surface area contributed by atoms with E-state index in [1.54, 1.807) is 0 Å². The van der Waals surface area contributed by atoms with Gasteiger partial charge in [0.15, 0.2) is 10.9 Å². The highest BCUT2D eigenvalue weighted by molar-refractivity contribution is 7.80. The SMILES string of the molecule is NC(=S)NNC(=Nc1ccccc1)c1ccccc1. The number of benzene rings is 2. The maximum atomic E-state index is 5.42. The number of hydrogen-bond donors (Lipinski definition) is 3. The van der Waals surface area contributed by atoms with Gasteiger partial charge in [0.25, 0.3) is 0 Å². The number of nitrogens with zero attached hydrogens (tertiary/aromatic N) is 1. The van der Waals surface area contributed by atoms with E-state index in [2.05, 4.69) is 15.8 Å². The van der Waals surface area contributed by atoms with Crippen LogP contribution in [0.5, 0.6) is 0 Å². The van der Waals surface area contributed by atoms with Gasteiger partial charge in [-0.2, -0.15) is 0 Å². The summed E-state index contributed by atoms with van der Waals surface area (Å²) in [7, 11) is 0. The normalized spacial score (nSPS) is 10.8. The zero-order valence-corrected chi connectivity index (χ0v) is 11.0. The standard InChI is InChI=1S/C14H14N4S/c15-14(19)18-17-13(11-7-3-1-4-8-11)16-12-9-5-2-6-10-12/h1-10H,(H,16,17)(H3,15,18,19). The van der Waals surface area contributed by atoms with E-state index >= 15 is 0 Å². The number of rotatable bonds is 2. The van der Waals surface area contributed by atoms with Crippen LogP contribution in [0, 0.1) is 0 Å². The molecule has 0 spiro atoms. The fourth-order valence-corrected chi connectivity index (χ4v) is 1.56. The first kappa shape index (κ1) is 13.0. The lowest BCUT2D eigenvalue weighted by atomic mass is 10.2. The third-order valence-corrected chi connectivity index (χ3v) is 2.45. The second-order valence-electron chi connectivity index (χ2n) is 3.78. The molecule has 0 aliphatic rings. The molecule has 0 atom stereocenters. The van der Waals surface area contributed by atoms with Gasteiger partial charge in [-0.1, -0.05) is 48.5 Å². The molecule has 0 amide bonds. The summed E-state index contributed by atoms with van der Waals surface area (Å²) in [5.74, 6) is 0.652. The van der Waals surface area contributed by atoms with Crippen molar-refractivity contribution in [1.82, 2.24) is 10.9 Å². The Morgan fingerprint density at radius 3 is 2.05 bits per heavy atom. The fourth-order valence-electron chi connectivity index (χ4n) is 1.51. The van der Waals surface area contributed by atoms with Crippen LogP contribution in [0.3, 0.4) is 0 Å². The van der Waals surface area contributed by atoms with Crippen molar-refractivity contribution in [3.8, 4) is 0 Å². The predicted molar refractivity (Wildman–Crippen MR) is 82.1 cm³/mol. The summed E-state index contributed by atoms with van der Waals surface area (Å²) in [4.78, 5) is 4.53. The van der Waals surface area contributed by atoms with E-state index < -0.39 is 0 Å². The van der Waals surface area contributed by atoms with E-state index in [1.165, 1.54) is 0 Å². The average molecular weight is 270 g/mol. The monoisotopic (exact) mass is 270 g/mol. The molecule has 0 saturated carbocycles. The molecule has 0 saturated heterocycles. The van der Waals surface area contributed by atoms with Crippen LogP contribution in [0.1, 0.15) is 5.56 Å². The first-order chi connectivity index (χ1) is 9.25. The molecule has 0 aromatic heterocycles. The summed E-state index contributed by atoms with van der Waals surface area (Å²) in [5.41, 5.74) is 12.8. The molecule has 19 heavy (non-hydrogen) atoms. The highest BCUT2D eigenvalue weighted by Crippen LogP contribution is 2.12. The molecule has 2 aromatic carbocycles. The van der Waals surface area contributed by atoms with Gasteiger partial charge in [-0.25, -0.2) is 4.99 Å². The van der Waals surface area contributed by atoms with Gasteiger partial charge in [0.1, 0.15) is 0 Å². The van der Waals surface area contributed by atoms with Crippen LogP contribution in [-0.4, -0.2) is 10.9 Å². The molecule has 2 aromatic rings. The van der Waals surface area contributed by atoms with Gasteiger partial charge < -0.3 is 5.73 Å². The fraction of sp³-hybridized carbons (Fsp3) is 0. The lowest BCUT2D eigenvalue weighted by Crippen LogP contribution is -2.44. The third-order valence-electron chi connectivity index (χ3n) is 2.35. The molecule has 2 rings (SSSR count). The minimum Gasteiger partial charge on any atom is -0.375 e. The van der Waals surface area contributed by atoms with Crippen molar-refractivity contribution in [2.75, 3.05) is 0 Å². The summed E-state index contributed by atoms with van der Waals surface area (Å²) < 4.78 is 0. The minimum atomic E-state index is 0.164. The van der Waals surface area contributed by atoms with E-state index in [9.17, 15) is 0 Å². The predicted octanol–water partition coefficient (Wildman–Crippen LogP) is 2.10. The lowest BCUT2D eigenvalue weighted by molar-refractivity contribution is 0.869. The molecule has 0 unspecified atom stereocenters. The van der Waals surface area contributed by atoms with E-state index in [-0.39, 0.29) is 5.11 Å². The van der Waals surface area contributed by atoms with Gasteiger partial charge in [0.2, 0.25) is 0 Å². The van der Waals surface area contributed by atoms with Crippen molar-refractivity contribution in [3.05, 3.63) is 66.2 Å². The van der Waals surface area contributed by atoms with Gasteiger partial charge in [-0.05, 0) is 24.4 Å². The Labute approximate surface area is 117 Å². The number of aliphatic imine (C=N–C) groups is 1. The largest absolute Gasteiger partial charge is 0.375 e. The van der Waals surface area contributed by atoms with Crippen LogP contribution >= 0.6 is 12.2 Å². The number of nitrogens with one attached hydrogen (secondary N) is 2. The third kappa shape index (κ3) is 4.08. The number of hydrogen-bond acceptors (Lipinski definition) is 2. The maximum Gasteiger partial charge on any atom is 0.182 e. The van der Waals surface area contributed by atoms with E-state index in [0.29, 0.717) is 5.84 Å². The van der Waals surface area contributed by atoms with E-state index in [0.717, 1.165) is 11.3 Å². The van der Waals surface area contributed by atoms with Crippen LogP contribution in [-0.2, 0) is 0 Å². The van der Waals surface area contributed by atoms with Crippen molar-refractivity contribution in [1.29, 1.82) is 0 Å². The molecule has 4 N–H and O–H groups in total. The summed E-state index contributed by atoms with van der Waals surface area (Å²) in [6.07, 6.45) is 0. The number of thiocarbonyl (C=S) groups is 1. The smallest absolute Gasteiger partial charge is 0.182 e. The van der Waals surface area contributed by atoms with Gasteiger partial charge in [-0.3, -0.25) is 10.9 Å². The van der Waals surface area contributed by atoms with Gasteiger partial charge in [0, 0.05) is 5.56 Å². The molecule has 0 fully saturated rings. The molecule has 0 bridgehead atoms. The van der Waals surface area contributed by atoms with Crippen molar-refractivity contribution in [2.24, 2.45) is 10.7 Å². The Morgan fingerprint density at radius 2 is 1.47 bits per heavy atom. The Bertz CT molecular complexity index is 567. The highest BCUT2D eigenvalue weighted by Gasteiger charge is 2.02. The zero-order valence-electron chi connectivity index (χ0n) is 10.2. The van der Waals surface area contributed by atoms with E-state index in [1.807, 2.05) is 60.7 Å². The Morgan fingerprint density at radius 1 is 0.895 bits per heavy atom. The van der Waals surface area contributed by atoms with Crippen LogP contribution < -0.4 is 16.6 Å². The van der Waals surface area contributed by atoms with Crippen molar-refractivity contribution >= 4 is 28.9 Å². The molecule has 0 aliphatic heterocycles. The van der Waals surface area contributed by atoms with E-state index in [4.69, 9.17) is 18.0 Å². The number of para-hydroxylation sites is 1. The quantitative estimate of drug-likeness (QED) is 0.338. The lowest BCUT2D eigenvalue weighted by Gasteiger charge is -2.11. The van der Waals surface area contributed by atoms with Crippen molar-refractivity contribution in [2.45, 2.75) is 0 Å². The zero-order chi connectivity index (χ0) is 13.5. The summed E-state index contributed by atoms with van der Waals surface area (Å²) in [5, 5.41) is 0.164. The first-order valence-electron chi connectivity index (χ1n) is 5.76. The molecular weight excluding hydrogens is 256 g/mol. The number of amidine groups is 1. The van der Waals surface area contributed by atoms with Gasteiger partial charge in [-0.15, -0.1) is 0 Å². The summed E-state index contributed by atoms with van der Waals surface area (Å²) in [6, 6.07) is 19.4. The van der Waals surface area contributed by atoms with Crippen LogP contribution in [0.4, 0.5) is 5.69 Å². The Kier molecular flexibility index (Phi) is 4.47. The second-order valence-corrected chi connectivity index (χ2v) is 4.22. The maximum absolute atomic E-state index is 5.42. The van der Waals surface area contributed by atoms with Crippen LogP contribution in [0.15, 0.2) is 65.7 Å². The molecule has 5 heteroatoms. The molecule has 96 valence electrons. The number of hydrazine groups is 1. The van der Waals surface area contributed by atoms with Crippen molar-refractivity contribution < 1.29 is 0 Å². The second kappa shape index (κ2) is 6.51. The molecule has 4 nitrogen and oxygen atoms in total. The Balaban J connectivity index is 2.29. The van der Waals surface area contributed by atoms with Crippen LogP contribution in [0.2, 0.25) is 0 Å². The first-order valence-corrected chi connectivity index (χ1v) is 6.17. The number of nitrogens with two attached hydrogens (primary N) is 1. The molecule has 0 aliphatic carbocycles. The topological polar surface area (TPSA) is 62.4 Å². The van der Waals surface area contributed by atoms with Gasteiger partial charge in [0.05, 0.1) is 5.69 Å². The van der Waals surface area contributed by atoms with Gasteiger partial charge >= 0.3 is 0 Å².